The van der Waals surface area contributed by atoms with Gasteiger partial charge in [-0.1, -0.05) is 36.4 Å². The first-order chi connectivity index (χ1) is 15.2. The van der Waals surface area contributed by atoms with E-state index in [1.54, 1.807) is 11.3 Å². The third-order valence-corrected chi connectivity index (χ3v) is 6.56. The van der Waals surface area contributed by atoms with Gasteiger partial charge in [-0.05, 0) is 62.0 Å². The lowest BCUT2D eigenvalue weighted by Crippen LogP contribution is -2.35. The minimum absolute atomic E-state index is 0.235. The van der Waals surface area contributed by atoms with Gasteiger partial charge in [0.15, 0.2) is 0 Å². The fourth-order valence-electron chi connectivity index (χ4n) is 4.07. The lowest BCUT2D eigenvalue weighted by atomic mass is 10.0. The second-order valence-electron chi connectivity index (χ2n) is 8.00. The molecule has 31 heavy (non-hydrogen) atoms. The van der Waals surface area contributed by atoms with Gasteiger partial charge in [0.05, 0.1) is 0 Å². The summed E-state index contributed by atoms with van der Waals surface area (Å²) in [5, 5.41) is 11.9. The second-order valence-corrected chi connectivity index (χ2v) is 8.89. The van der Waals surface area contributed by atoms with E-state index < -0.39 is 5.97 Å². The maximum atomic E-state index is 10.7. The molecule has 1 aliphatic heterocycles. The number of aliphatic carboxylic acids is 1. The molecule has 5 nitrogen and oxygen atoms in total. The molecular formula is C25H28N2O3S. The summed E-state index contributed by atoms with van der Waals surface area (Å²) in [6.45, 7) is 2.53. The predicted molar refractivity (Wildman–Crippen MR) is 124 cm³/mol. The molecule has 4 rings (SSSR count). The van der Waals surface area contributed by atoms with Gasteiger partial charge in [0.25, 0.3) is 0 Å². The van der Waals surface area contributed by atoms with Crippen LogP contribution >= 0.6 is 11.3 Å². The van der Waals surface area contributed by atoms with Crippen molar-refractivity contribution in [2.75, 3.05) is 19.7 Å². The Morgan fingerprint density at radius 2 is 1.87 bits per heavy atom. The molecule has 0 spiro atoms. The zero-order valence-corrected chi connectivity index (χ0v) is 18.4. The van der Waals surface area contributed by atoms with E-state index in [4.69, 9.17) is 9.84 Å². The molecule has 1 N–H and O–H groups in total. The van der Waals surface area contributed by atoms with E-state index in [0.717, 1.165) is 48.7 Å². The van der Waals surface area contributed by atoms with Gasteiger partial charge in [0.2, 0.25) is 0 Å². The highest BCUT2D eigenvalue weighted by atomic mass is 32.1. The first-order valence-corrected chi connectivity index (χ1v) is 11.7. The standard InChI is InChI=1S/C25H28N2O3S/c28-24(29)4-2-15-27-14-1-3-22(27)18-30-23-11-7-20(8-12-23)17-19-5-9-21(10-6-19)25-26-13-16-31-25/h5-13,16,22H,1-4,14-15,17-18H2,(H,28,29). The summed E-state index contributed by atoms with van der Waals surface area (Å²) in [7, 11) is 0. The summed E-state index contributed by atoms with van der Waals surface area (Å²) in [5.74, 6) is 0.169. The fraction of sp³-hybridized carbons (Fsp3) is 0.360. The summed E-state index contributed by atoms with van der Waals surface area (Å²) < 4.78 is 6.05. The molecule has 1 aliphatic rings. The van der Waals surface area contributed by atoms with E-state index in [2.05, 4.69) is 46.3 Å². The third-order valence-electron chi connectivity index (χ3n) is 5.74. The Kier molecular flexibility index (Phi) is 7.33. The number of benzene rings is 2. The van der Waals surface area contributed by atoms with E-state index in [1.165, 1.54) is 11.1 Å². The molecule has 1 saturated heterocycles. The van der Waals surface area contributed by atoms with E-state index in [0.29, 0.717) is 19.1 Å². The van der Waals surface area contributed by atoms with Crippen LogP contribution in [0.2, 0.25) is 0 Å². The Bertz CT molecular complexity index is 955. The van der Waals surface area contributed by atoms with E-state index in [-0.39, 0.29) is 6.42 Å². The van der Waals surface area contributed by atoms with Gasteiger partial charge in [0.1, 0.15) is 17.4 Å². The first-order valence-electron chi connectivity index (χ1n) is 10.8. The van der Waals surface area contributed by atoms with Crippen molar-refractivity contribution < 1.29 is 14.6 Å². The van der Waals surface area contributed by atoms with Gasteiger partial charge in [-0.25, -0.2) is 4.98 Å². The van der Waals surface area contributed by atoms with Crippen molar-refractivity contribution in [3.05, 3.63) is 71.2 Å². The van der Waals surface area contributed by atoms with Crippen molar-refractivity contribution in [3.63, 3.8) is 0 Å². The van der Waals surface area contributed by atoms with Gasteiger partial charge in [-0.15, -0.1) is 11.3 Å². The maximum absolute atomic E-state index is 10.7. The predicted octanol–water partition coefficient (Wildman–Crippen LogP) is 5.11. The van der Waals surface area contributed by atoms with Crippen molar-refractivity contribution in [1.29, 1.82) is 0 Å². The smallest absolute Gasteiger partial charge is 0.303 e. The third kappa shape index (κ3) is 6.15. The summed E-state index contributed by atoms with van der Waals surface area (Å²) >= 11 is 1.65. The van der Waals surface area contributed by atoms with Crippen molar-refractivity contribution >= 4 is 17.3 Å². The summed E-state index contributed by atoms with van der Waals surface area (Å²) in [6, 6.07) is 17.3. The molecule has 6 heteroatoms. The van der Waals surface area contributed by atoms with Crippen LogP contribution in [-0.2, 0) is 11.2 Å². The molecule has 2 aromatic carbocycles. The highest BCUT2D eigenvalue weighted by molar-refractivity contribution is 7.13. The quantitative estimate of drug-likeness (QED) is 0.479. The van der Waals surface area contributed by atoms with Gasteiger partial charge < -0.3 is 9.84 Å². The van der Waals surface area contributed by atoms with Crippen LogP contribution in [-0.4, -0.2) is 46.7 Å². The zero-order valence-electron chi connectivity index (χ0n) is 17.6. The lowest BCUT2D eigenvalue weighted by molar-refractivity contribution is -0.137. The highest BCUT2D eigenvalue weighted by Crippen LogP contribution is 2.24. The van der Waals surface area contributed by atoms with Crippen LogP contribution in [0.25, 0.3) is 10.6 Å². The second kappa shape index (κ2) is 10.6. The monoisotopic (exact) mass is 436 g/mol. The minimum atomic E-state index is -0.720. The number of ether oxygens (including phenoxy) is 1. The zero-order chi connectivity index (χ0) is 21.5. The fourth-order valence-corrected chi connectivity index (χ4v) is 4.72. The van der Waals surface area contributed by atoms with Crippen LogP contribution in [0.5, 0.6) is 5.75 Å². The molecule has 1 aromatic heterocycles. The molecule has 162 valence electrons. The molecule has 1 atom stereocenters. The summed E-state index contributed by atoms with van der Waals surface area (Å²) in [6.07, 6.45) is 5.92. The molecule has 2 heterocycles. The van der Waals surface area contributed by atoms with Crippen LogP contribution in [0.15, 0.2) is 60.1 Å². The lowest BCUT2D eigenvalue weighted by Gasteiger charge is -2.24. The molecule has 0 bridgehead atoms. The summed E-state index contributed by atoms with van der Waals surface area (Å²) in [5.41, 5.74) is 3.69. The number of carboxylic acids is 1. The van der Waals surface area contributed by atoms with Crippen LogP contribution in [0.1, 0.15) is 36.8 Å². The minimum Gasteiger partial charge on any atom is -0.492 e. The number of hydrogen-bond donors (Lipinski definition) is 1. The Labute approximate surface area is 187 Å². The molecular weight excluding hydrogens is 408 g/mol. The molecule has 0 radical (unpaired) electrons. The van der Waals surface area contributed by atoms with Gasteiger partial charge in [-0.2, -0.15) is 0 Å². The average Bonchev–Trinajstić information content (AvgIpc) is 3.46. The van der Waals surface area contributed by atoms with Crippen molar-refractivity contribution in [2.45, 2.75) is 38.1 Å². The summed E-state index contributed by atoms with van der Waals surface area (Å²) in [4.78, 5) is 17.5. The molecule has 3 aromatic rings. The number of hydrogen-bond acceptors (Lipinski definition) is 5. The maximum Gasteiger partial charge on any atom is 0.303 e. The van der Waals surface area contributed by atoms with Crippen LogP contribution < -0.4 is 4.74 Å². The van der Waals surface area contributed by atoms with Crippen LogP contribution in [0.3, 0.4) is 0 Å². The average molecular weight is 437 g/mol. The first kappa shape index (κ1) is 21.5. The van der Waals surface area contributed by atoms with E-state index in [1.807, 2.05) is 23.7 Å². The van der Waals surface area contributed by atoms with Crippen molar-refractivity contribution in [2.24, 2.45) is 0 Å². The molecule has 1 unspecified atom stereocenters. The number of nitrogens with zero attached hydrogens (tertiary/aromatic N) is 2. The number of likely N-dealkylation sites (tertiary alicyclic amines) is 1. The number of carbonyl (C=O) groups is 1. The largest absolute Gasteiger partial charge is 0.492 e. The topological polar surface area (TPSA) is 62.7 Å². The Hall–Kier alpha value is -2.70. The molecule has 0 saturated carbocycles. The molecule has 0 aliphatic carbocycles. The van der Waals surface area contributed by atoms with Crippen molar-refractivity contribution in [1.82, 2.24) is 9.88 Å². The van der Waals surface area contributed by atoms with Gasteiger partial charge in [0, 0.05) is 29.6 Å². The SMILES string of the molecule is O=C(O)CCCN1CCCC1COc1ccc(Cc2ccc(-c3nccs3)cc2)cc1. The Morgan fingerprint density at radius 1 is 1.13 bits per heavy atom. The normalized spacial score (nSPS) is 16.5. The number of thiazole rings is 1. The highest BCUT2D eigenvalue weighted by Gasteiger charge is 2.24. The Morgan fingerprint density at radius 3 is 2.55 bits per heavy atom. The van der Waals surface area contributed by atoms with Gasteiger partial charge in [-0.3, -0.25) is 9.69 Å². The molecule has 1 fully saturated rings. The Balaban J connectivity index is 1.26. The van der Waals surface area contributed by atoms with E-state index in [9.17, 15) is 4.79 Å². The van der Waals surface area contributed by atoms with Crippen LogP contribution in [0.4, 0.5) is 0 Å². The van der Waals surface area contributed by atoms with Crippen molar-refractivity contribution in [3.8, 4) is 16.3 Å². The number of rotatable bonds is 10. The van der Waals surface area contributed by atoms with E-state index >= 15 is 0 Å². The number of carboxylic acid groups (broad SMARTS) is 1. The van der Waals surface area contributed by atoms with Gasteiger partial charge >= 0.3 is 5.97 Å². The van der Waals surface area contributed by atoms with Crippen LogP contribution in [0, 0.1) is 0 Å². The molecule has 0 amide bonds. The number of aromatic nitrogens is 1.